The second-order valence-electron chi connectivity index (χ2n) is 5.71. The number of rotatable bonds is 4. The van der Waals surface area contributed by atoms with Crippen LogP contribution >= 0.6 is 0 Å². The molecule has 0 heterocycles. The molecule has 0 saturated heterocycles. The zero-order valence-corrected chi connectivity index (χ0v) is 12.2. The quantitative estimate of drug-likeness (QED) is 0.868. The Balaban J connectivity index is 1.94. The second kappa shape index (κ2) is 5.60. The van der Waals surface area contributed by atoms with Crippen LogP contribution in [0.25, 0.3) is 0 Å². The van der Waals surface area contributed by atoms with Crippen LogP contribution in [0.3, 0.4) is 0 Å². The van der Waals surface area contributed by atoms with Crippen LogP contribution in [0.4, 0.5) is 11.4 Å². The Kier molecular flexibility index (Phi) is 3.65. The SMILES string of the molecule is CC(C1CC1)N(C(=O)c1ccc(N)cc1)c1ccccc1. The lowest BCUT2D eigenvalue weighted by atomic mass is 10.1. The van der Waals surface area contributed by atoms with Crippen molar-refractivity contribution in [3.8, 4) is 0 Å². The highest BCUT2D eigenvalue weighted by Crippen LogP contribution is 2.37. The van der Waals surface area contributed by atoms with Gasteiger partial charge in [-0.1, -0.05) is 18.2 Å². The van der Waals surface area contributed by atoms with Crippen LogP contribution in [-0.4, -0.2) is 11.9 Å². The van der Waals surface area contributed by atoms with Crippen molar-refractivity contribution < 1.29 is 4.79 Å². The third-order valence-corrected chi connectivity index (χ3v) is 4.12. The Bertz CT molecular complexity index is 617. The summed E-state index contributed by atoms with van der Waals surface area (Å²) in [5, 5.41) is 0. The van der Waals surface area contributed by atoms with Crippen LogP contribution in [0.5, 0.6) is 0 Å². The number of benzene rings is 2. The van der Waals surface area contributed by atoms with Crippen molar-refractivity contribution in [1.29, 1.82) is 0 Å². The molecule has 1 amide bonds. The Hall–Kier alpha value is -2.29. The van der Waals surface area contributed by atoms with E-state index in [1.807, 2.05) is 35.2 Å². The van der Waals surface area contributed by atoms with Crippen LogP contribution in [0.15, 0.2) is 54.6 Å². The first-order valence-electron chi connectivity index (χ1n) is 7.41. The molecule has 1 aliphatic rings. The molecule has 3 heteroatoms. The van der Waals surface area contributed by atoms with Crippen molar-refractivity contribution in [3.05, 3.63) is 60.2 Å². The molecule has 1 fully saturated rings. The van der Waals surface area contributed by atoms with E-state index in [2.05, 4.69) is 6.92 Å². The van der Waals surface area contributed by atoms with Gasteiger partial charge >= 0.3 is 0 Å². The third-order valence-electron chi connectivity index (χ3n) is 4.12. The molecule has 0 radical (unpaired) electrons. The van der Waals surface area contributed by atoms with E-state index in [4.69, 9.17) is 5.73 Å². The van der Waals surface area contributed by atoms with Gasteiger partial charge in [-0.2, -0.15) is 0 Å². The minimum Gasteiger partial charge on any atom is -0.399 e. The standard InChI is InChI=1S/C18H20N2O/c1-13(14-7-8-14)20(17-5-3-2-4-6-17)18(21)15-9-11-16(19)12-10-15/h2-6,9-14H,7-8,19H2,1H3. The molecular weight excluding hydrogens is 260 g/mol. The summed E-state index contributed by atoms with van der Waals surface area (Å²) < 4.78 is 0. The molecule has 1 saturated carbocycles. The maximum absolute atomic E-state index is 12.9. The van der Waals surface area contributed by atoms with Gasteiger partial charge in [-0.3, -0.25) is 4.79 Å². The highest BCUT2D eigenvalue weighted by atomic mass is 16.2. The molecule has 3 nitrogen and oxygen atoms in total. The van der Waals surface area contributed by atoms with Gasteiger partial charge in [0.2, 0.25) is 0 Å². The molecule has 0 aromatic heterocycles. The Morgan fingerprint density at radius 1 is 1.10 bits per heavy atom. The highest BCUT2D eigenvalue weighted by Gasteiger charge is 2.35. The first-order chi connectivity index (χ1) is 10.2. The minimum absolute atomic E-state index is 0.0422. The highest BCUT2D eigenvalue weighted by molar-refractivity contribution is 6.06. The lowest BCUT2D eigenvalue weighted by Crippen LogP contribution is -2.40. The van der Waals surface area contributed by atoms with Crippen LogP contribution in [0, 0.1) is 5.92 Å². The van der Waals surface area contributed by atoms with Gasteiger partial charge in [0.05, 0.1) is 0 Å². The van der Waals surface area contributed by atoms with E-state index in [9.17, 15) is 4.79 Å². The topological polar surface area (TPSA) is 46.3 Å². The van der Waals surface area contributed by atoms with Crippen molar-refractivity contribution in [2.45, 2.75) is 25.8 Å². The summed E-state index contributed by atoms with van der Waals surface area (Å²) in [6.07, 6.45) is 2.42. The number of para-hydroxylation sites is 1. The van der Waals surface area contributed by atoms with Gasteiger partial charge in [0, 0.05) is 23.0 Å². The average molecular weight is 280 g/mol. The van der Waals surface area contributed by atoms with Crippen molar-refractivity contribution in [2.75, 3.05) is 10.6 Å². The molecule has 1 aliphatic carbocycles. The van der Waals surface area contributed by atoms with Gasteiger partial charge in [0.1, 0.15) is 0 Å². The first kappa shape index (κ1) is 13.7. The predicted molar refractivity (Wildman–Crippen MR) is 86.3 cm³/mol. The molecule has 2 N–H and O–H groups in total. The predicted octanol–water partition coefficient (Wildman–Crippen LogP) is 3.71. The number of nitrogens with two attached hydrogens (primary N) is 1. The van der Waals surface area contributed by atoms with Gasteiger partial charge in [0.15, 0.2) is 0 Å². The van der Waals surface area contributed by atoms with Gasteiger partial charge < -0.3 is 10.6 Å². The fourth-order valence-electron chi connectivity index (χ4n) is 2.68. The smallest absolute Gasteiger partial charge is 0.258 e. The fraction of sp³-hybridized carbons (Fsp3) is 0.278. The normalized spacial score (nSPS) is 15.5. The van der Waals surface area contributed by atoms with Gasteiger partial charge in [-0.25, -0.2) is 0 Å². The van der Waals surface area contributed by atoms with E-state index in [0.29, 0.717) is 17.2 Å². The largest absolute Gasteiger partial charge is 0.399 e. The van der Waals surface area contributed by atoms with Crippen molar-refractivity contribution in [2.24, 2.45) is 5.92 Å². The molecule has 1 unspecified atom stereocenters. The summed E-state index contributed by atoms with van der Waals surface area (Å²) >= 11 is 0. The molecule has 21 heavy (non-hydrogen) atoms. The summed E-state index contributed by atoms with van der Waals surface area (Å²) in [4.78, 5) is 14.8. The second-order valence-corrected chi connectivity index (χ2v) is 5.71. The van der Waals surface area contributed by atoms with Gasteiger partial charge in [-0.05, 0) is 62.1 Å². The maximum atomic E-state index is 12.9. The molecule has 0 spiro atoms. The van der Waals surface area contributed by atoms with Crippen LogP contribution in [0.2, 0.25) is 0 Å². The number of hydrogen-bond acceptors (Lipinski definition) is 2. The summed E-state index contributed by atoms with van der Waals surface area (Å²) in [5.74, 6) is 0.656. The summed E-state index contributed by atoms with van der Waals surface area (Å²) in [5.41, 5.74) is 8.02. The minimum atomic E-state index is 0.0422. The van der Waals surface area contributed by atoms with E-state index in [1.165, 1.54) is 12.8 Å². The Morgan fingerprint density at radius 2 is 1.71 bits per heavy atom. The van der Waals surface area contributed by atoms with Gasteiger partial charge in [-0.15, -0.1) is 0 Å². The number of carbonyl (C=O) groups is 1. The summed E-state index contributed by atoms with van der Waals surface area (Å²) in [6, 6.07) is 17.3. The Labute approximate surface area is 125 Å². The van der Waals surface area contributed by atoms with E-state index >= 15 is 0 Å². The van der Waals surface area contributed by atoms with E-state index in [0.717, 1.165) is 5.69 Å². The number of amides is 1. The lowest BCUT2D eigenvalue weighted by molar-refractivity contribution is 0.0975. The molecule has 108 valence electrons. The monoisotopic (exact) mass is 280 g/mol. The van der Waals surface area contributed by atoms with Crippen LogP contribution in [-0.2, 0) is 0 Å². The zero-order chi connectivity index (χ0) is 14.8. The van der Waals surface area contributed by atoms with Crippen molar-refractivity contribution in [3.63, 3.8) is 0 Å². The van der Waals surface area contributed by atoms with Crippen molar-refractivity contribution in [1.82, 2.24) is 0 Å². The molecule has 2 aromatic rings. The number of carbonyl (C=O) groups excluding carboxylic acids is 1. The first-order valence-corrected chi connectivity index (χ1v) is 7.41. The number of hydrogen-bond donors (Lipinski definition) is 1. The van der Waals surface area contributed by atoms with E-state index < -0.39 is 0 Å². The lowest BCUT2D eigenvalue weighted by Gasteiger charge is -2.29. The number of anilines is 2. The molecule has 0 bridgehead atoms. The number of nitrogens with zero attached hydrogens (tertiary/aromatic N) is 1. The van der Waals surface area contributed by atoms with E-state index in [1.54, 1.807) is 24.3 Å². The summed E-state index contributed by atoms with van der Waals surface area (Å²) in [6.45, 7) is 2.14. The zero-order valence-electron chi connectivity index (χ0n) is 12.2. The Morgan fingerprint density at radius 3 is 2.29 bits per heavy atom. The molecule has 3 rings (SSSR count). The fourth-order valence-corrected chi connectivity index (χ4v) is 2.68. The molecule has 2 aromatic carbocycles. The van der Waals surface area contributed by atoms with Crippen molar-refractivity contribution >= 4 is 17.3 Å². The number of nitrogen functional groups attached to an aromatic ring is 1. The summed E-state index contributed by atoms with van der Waals surface area (Å²) in [7, 11) is 0. The van der Waals surface area contributed by atoms with Gasteiger partial charge in [0.25, 0.3) is 5.91 Å². The maximum Gasteiger partial charge on any atom is 0.258 e. The van der Waals surface area contributed by atoms with Crippen LogP contribution in [0.1, 0.15) is 30.1 Å². The molecule has 0 aliphatic heterocycles. The molecular formula is C18H20N2O. The van der Waals surface area contributed by atoms with E-state index in [-0.39, 0.29) is 11.9 Å². The van der Waals surface area contributed by atoms with Crippen LogP contribution < -0.4 is 10.6 Å². The average Bonchev–Trinajstić information content (AvgIpc) is 3.34. The third kappa shape index (κ3) is 2.92. The molecule has 1 atom stereocenters.